The van der Waals surface area contributed by atoms with Gasteiger partial charge in [0, 0.05) is 37.2 Å². The van der Waals surface area contributed by atoms with Gasteiger partial charge in [-0.3, -0.25) is 4.90 Å². The van der Waals surface area contributed by atoms with Crippen LogP contribution in [0.15, 0.2) is 24.3 Å². The number of rotatable bonds is 5. The van der Waals surface area contributed by atoms with Gasteiger partial charge in [0.05, 0.1) is 7.11 Å². The minimum atomic E-state index is 0.450. The van der Waals surface area contributed by atoms with Gasteiger partial charge in [0.25, 0.3) is 0 Å². The summed E-state index contributed by atoms with van der Waals surface area (Å²) in [6.45, 7) is 3.33. The summed E-state index contributed by atoms with van der Waals surface area (Å²) in [5.74, 6) is 3.42. The highest BCUT2D eigenvalue weighted by atomic mass is 32.2. The number of benzene rings is 1. The molecule has 1 N–H and O–H groups in total. The van der Waals surface area contributed by atoms with Crippen LogP contribution in [0.3, 0.4) is 0 Å². The van der Waals surface area contributed by atoms with Gasteiger partial charge in [0.2, 0.25) is 0 Å². The summed E-state index contributed by atoms with van der Waals surface area (Å²) in [5.41, 5.74) is 1.34. The third-order valence-electron chi connectivity index (χ3n) is 3.36. The Kier molecular flexibility index (Phi) is 5.35. The van der Waals surface area contributed by atoms with Gasteiger partial charge in [-0.05, 0) is 24.7 Å². The first-order valence-electron chi connectivity index (χ1n) is 6.45. The summed E-state index contributed by atoms with van der Waals surface area (Å²) in [6, 6.07) is 8.89. The van der Waals surface area contributed by atoms with Gasteiger partial charge >= 0.3 is 0 Å². The standard InChI is InChI=1S/C14H22N2OS/c1-15-11-14(16-6-8-18-9-7-16)12-4-3-5-13(10-12)17-2/h3-5,10,14-15H,6-9,11H2,1-2H3. The fourth-order valence-electron chi connectivity index (χ4n) is 2.39. The lowest BCUT2D eigenvalue weighted by atomic mass is 10.0. The predicted molar refractivity (Wildman–Crippen MR) is 78.6 cm³/mol. The predicted octanol–water partition coefficient (Wildman–Crippen LogP) is 2.00. The van der Waals surface area contributed by atoms with Crippen LogP contribution in [-0.2, 0) is 0 Å². The first kappa shape index (κ1) is 13.7. The molecule has 4 heteroatoms. The van der Waals surface area contributed by atoms with E-state index < -0.39 is 0 Å². The van der Waals surface area contributed by atoms with Gasteiger partial charge in [-0.1, -0.05) is 12.1 Å². The Morgan fingerprint density at radius 2 is 2.17 bits per heavy atom. The summed E-state index contributed by atoms with van der Waals surface area (Å²) in [7, 11) is 3.75. The number of hydrogen-bond acceptors (Lipinski definition) is 4. The molecule has 0 bridgehead atoms. The second-order valence-electron chi connectivity index (χ2n) is 4.50. The van der Waals surface area contributed by atoms with E-state index >= 15 is 0 Å². The van der Waals surface area contributed by atoms with Crippen LogP contribution in [0.1, 0.15) is 11.6 Å². The van der Waals surface area contributed by atoms with E-state index in [-0.39, 0.29) is 0 Å². The van der Waals surface area contributed by atoms with Gasteiger partial charge in [-0.2, -0.15) is 11.8 Å². The maximum Gasteiger partial charge on any atom is 0.119 e. The van der Waals surface area contributed by atoms with E-state index in [9.17, 15) is 0 Å². The molecule has 0 aromatic heterocycles. The Morgan fingerprint density at radius 3 is 2.83 bits per heavy atom. The van der Waals surface area contributed by atoms with E-state index in [1.807, 2.05) is 13.1 Å². The highest BCUT2D eigenvalue weighted by molar-refractivity contribution is 7.99. The first-order valence-corrected chi connectivity index (χ1v) is 7.61. The molecule has 1 unspecified atom stereocenters. The Labute approximate surface area is 114 Å². The van der Waals surface area contributed by atoms with E-state index in [1.165, 1.54) is 30.2 Å². The molecule has 1 aromatic rings. The molecule has 1 aromatic carbocycles. The topological polar surface area (TPSA) is 24.5 Å². The summed E-state index contributed by atoms with van der Waals surface area (Å²) in [5, 5.41) is 3.31. The summed E-state index contributed by atoms with van der Waals surface area (Å²) in [6.07, 6.45) is 0. The van der Waals surface area contributed by atoms with Gasteiger partial charge in [0.15, 0.2) is 0 Å². The van der Waals surface area contributed by atoms with E-state index in [2.05, 4.69) is 40.2 Å². The van der Waals surface area contributed by atoms with Crippen molar-refractivity contribution in [3.8, 4) is 5.75 Å². The molecule has 0 amide bonds. The molecule has 1 aliphatic heterocycles. The molecular formula is C14H22N2OS. The smallest absolute Gasteiger partial charge is 0.119 e. The Balaban J connectivity index is 2.16. The van der Waals surface area contributed by atoms with Crippen molar-refractivity contribution in [3.63, 3.8) is 0 Å². The summed E-state index contributed by atoms with van der Waals surface area (Å²) >= 11 is 2.05. The van der Waals surface area contributed by atoms with Crippen LogP contribution < -0.4 is 10.1 Å². The van der Waals surface area contributed by atoms with Crippen molar-refractivity contribution < 1.29 is 4.74 Å². The molecule has 18 heavy (non-hydrogen) atoms. The van der Waals surface area contributed by atoms with Crippen molar-refractivity contribution in [1.82, 2.24) is 10.2 Å². The molecule has 1 atom stereocenters. The molecule has 1 aliphatic rings. The van der Waals surface area contributed by atoms with Crippen LogP contribution in [0.2, 0.25) is 0 Å². The molecule has 0 radical (unpaired) electrons. The third-order valence-corrected chi connectivity index (χ3v) is 4.30. The molecule has 100 valence electrons. The first-order chi connectivity index (χ1) is 8.85. The average molecular weight is 266 g/mol. The summed E-state index contributed by atoms with van der Waals surface area (Å²) < 4.78 is 5.33. The molecule has 1 heterocycles. The van der Waals surface area contributed by atoms with E-state index in [0.29, 0.717) is 6.04 Å². The minimum Gasteiger partial charge on any atom is -0.497 e. The Hall–Kier alpha value is -0.710. The van der Waals surface area contributed by atoms with Crippen molar-refractivity contribution in [2.45, 2.75) is 6.04 Å². The number of methoxy groups -OCH3 is 1. The lowest BCUT2D eigenvalue weighted by Gasteiger charge is -2.34. The Bertz CT molecular complexity index is 367. The third kappa shape index (κ3) is 3.40. The van der Waals surface area contributed by atoms with Crippen LogP contribution in [-0.4, -0.2) is 50.2 Å². The quantitative estimate of drug-likeness (QED) is 0.881. The highest BCUT2D eigenvalue weighted by Gasteiger charge is 2.21. The van der Waals surface area contributed by atoms with Crippen LogP contribution in [0, 0.1) is 0 Å². The second kappa shape index (κ2) is 7.02. The largest absolute Gasteiger partial charge is 0.497 e. The molecule has 0 aliphatic carbocycles. The van der Waals surface area contributed by atoms with Crippen molar-refractivity contribution in [1.29, 1.82) is 0 Å². The second-order valence-corrected chi connectivity index (χ2v) is 5.72. The number of nitrogens with zero attached hydrogens (tertiary/aromatic N) is 1. The van der Waals surface area contributed by atoms with Crippen LogP contribution >= 0.6 is 11.8 Å². The number of thioether (sulfide) groups is 1. The van der Waals surface area contributed by atoms with Crippen molar-refractivity contribution in [2.24, 2.45) is 0 Å². The van der Waals surface area contributed by atoms with Gasteiger partial charge in [-0.25, -0.2) is 0 Å². The van der Waals surface area contributed by atoms with Crippen molar-refractivity contribution in [3.05, 3.63) is 29.8 Å². The molecule has 0 saturated carbocycles. The van der Waals surface area contributed by atoms with Gasteiger partial charge < -0.3 is 10.1 Å². The number of ether oxygens (including phenoxy) is 1. The van der Waals surface area contributed by atoms with Crippen molar-refractivity contribution >= 4 is 11.8 Å². The normalized spacial score (nSPS) is 18.6. The lowest BCUT2D eigenvalue weighted by molar-refractivity contribution is 0.215. The minimum absolute atomic E-state index is 0.450. The van der Waals surface area contributed by atoms with E-state index in [0.717, 1.165) is 12.3 Å². The van der Waals surface area contributed by atoms with Crippen LogP contribution in [0.4, 0.5) is 0 Å². The molecule has 0 spiro atoms. The summed E-state index contributed by atoms with van der Waals surface area (Å²) in [4.78, 5) is 2.57. The van der Waals surface area contributed by atoms with Gasteiger partial charge in [0.1, 0.15) is 5.75 Å². The molecule has 3 nitrogen and oxygen atoms in total. The maximum atomic E-state index is 5.33. The zero-order valence-electron chi connectivity index (χ0n) is 11.2. The average Bonchev–Trinajstić information content (AvgIpc) is 2.46. The Morgan fingerprint density at radius 1 is 1.39 bits per heavy atom. The lowest BCUT2D eigenvalue weighted by Crippen LogP contribution is -2.40. The van der Waals surface area contributed by atoms with E-state index in [1.54, 1.807) is 7.11 Å². The monoisotopic (exact) mass is 266 g/mol. The number of likely N-dealkylation sites (N-methyl/N-ethyl adjacent to an activating group) is 1. The molecule has 1 fully saturated rings. The zero-order chi connectivity index (χ0) is 12.8. The molecular weight excluding hydrogens is 244 g/mol. The number of nitrogens with one attached hydrogen (secondary N) is 1. The highest BCUT2D eigenvalue weighted by Crippen LogP contribution is 2.26. The van der Waals surface area contributed by atoms with E-state index in [4.69, 9.17) is 4.74 Å². The molecule has 1 saturated heterocycles. The zero-order valence-corrected chi connectivity index (χ0v) is 12.0. The van der Waals surface area contributed by atoms with Crippen LogP contribution in [0.25, 0.3) is 0 Å². The number of hydrogen-bond donors (Lipinski definition) is 1. The fourth-order valence-corrected chi connectivity index (χ4v) is 3.32. The SMILES string of the molecule is CNCC(c1cccc(OC)c1)N1CCSCC1. The van der Waals surface area contributed by atoms with Crippen molar-refractivity contribution in [2.75, 3.05) is 45.3 Å². The molecule has 2 rings (SSSR count). The fraction of sp³-hybridized carbons (Fsp3) is 0.571. The van der Waals surface area contributed by atoms with Crippen LogP contribution in [0.5, 0.6) is 5.75 Å². The van der Waals surface area contributed by atoms with Gasteiger partial charge in [-0.15, -0.1) is 0 Å². The maximum absolute atomic E-state index is 5.33.